The third-order valence-electron chi connectivity index (χ3n) is 1.19. The van der Waals surface area contributed by atoms with Gasteiger partial charge in [0.15, 0.2) is 0 Å². The first-order valence-corrected chi connectivity index (χ1v) is 4.14. The molecule has 3 nitrogen and oxygen atoms in total. The number of aryl methyl sites for hydroxylation is 1. The normalized spacial score (nSPS) is 12.5. The largest absolute Gasteiger partial charge is 0.388 e. The van der Waals surface area contributed by atoms with Crippen LogP contribution in [0.4, 0.5) is 0 Å². The molecule has 11 heavy (non-hydrogen) atoms. The first-order chi connectivity index (χ1) is 5.18. The molecule has 0 aromatic heterocycles. The van der Waals surface area contributed by atoms with Gasteiger partial charge in [-0.1, -0.05) is 17.7 Å². The third kappa shape index (κ3) is 2.69. The van der Waals surface area contributed by atoms with Crippen LogP contribution in [-0.4, -0.2) is 4.21 Å². The molecule has 1 atom stereocenters. The zero-order chi connectivity index (χ0) is 8.27. The molecule has 1 aromatic carbocycles. The Kier molecular flexibility index (Phi) is 2.62. The van der Waals surface area contributed by atoms with Crippen molar-refractivity contribution >= 4 is 11.3 Å². The number of benzene rings is 1. The molecule has 0 spiro atoms. The Balaban J connectivity index is 2.74. The lowest BCUT2D eigenvalue weighted by molar-refractivity contribution is 0.562. The van der Waals surface area contributed by atoms with Crippen LogP contribution in [-0.2, 0) is 11.3 Å². The van der Waals surface area contributed by atoms with Crippen molar-refractivity contribution in [1.82, 2.24) is 5.14 Å². The number of nitrogens with one attached hydrogen (secondary N) is 1. The minimum atomic E-state index is -1.97. The molecular weight excluding hydrogens is 162 g/mol. The van der Waals surface area contributed by atoms with Gasteiger partial charge in [0.05, 0.1) is 0 Å². The van der Waals surface area contributed by atoms with Crippen LogP contribution in [0.15, 0.2) is 24.3 Å². The summed E-state index contributed by atoms with van der Waals surface area (Å²) >= 11 is -1.97. The molecule has 0 aliphatic rings. The molecule has 0 fully saturated rings. The van der Waals surface area contributed by atoms with Crippen LogP contribution < -0.4 is 9.32 Å². The Morgan fingerprint density at radius 1 is 1.36 bits per heavy atom. The zero-order valence-corrected chi connectivity index (χ0v) is 6.85. The van der Waals surface area contributed by atoms with Crippen molar-refractivity contribution in [2.75, 3.05) is 0 Å². The summed E-state index contributed by atoms with van der Waals surface area (Å²) in [5.41, 5.74) is 1.10. The fourth-order valence-electron chi connectivity index (χ4n) is 0.681. The van der Waals surface area contributed by atoms with E-state index in [0.717, 1.165) is 5.56 Å². The van der Waals surface area contributed by atoms with Gasteiger partial charge in [0.1, 0.15) is 5.75 Å². The van der Waals surface area contributed by atoms with Gasteiger partial charge in [-0.05, 0) is 19.1 Å². The van der Waals surface area contributed by atoms with Crippen LogP contribution in [0.3, 0.4) is 0 Å². The van der Waals surface area contributed by atoms with Gasteiger partial charge in [-0.3, -0.25) is 0 Å². The smallest absolute Gasteiger partial charge is 0.303 e. The van der Waals surface area contributed by atoms with Gasteiger partial charge >= 0.3 is 11.3 Å². The summed E-state index contributed by atoms with van der Waals surface area (Å²) in [5, 5.41) is 6.62. The van der Waals surface area contributed by atoms with Gasteiger partial charge < -0.3 is 4.18 Å². The predicted molar refractivity (Wildman–Crippen MR) is 43.0 cm³/mol. The van der Waals surface area contributed by atoms with E-state index in [-0.39, 0.29) is 0 Å². The molecule has 0 saturated carbocycles. The SMILES string of the molecule is Cc1ccc(OS([NH])=O)cc1. The van der Waals surface area contributed by atoms with E-state index in [0.29, 0.717) is 5.75 Å². The van der Waals surface area contributed by atoms with Gasteiger partial charge in [-0.25, -0.2) is 0 Å². The Morgan fingerprint density at radius 3 is 2.36 bits per heavy atom. The van der Waals surface area contributed by atoms with E-state index in [4.69, 9.17) is 5.14 Å². The molecule has 1 aromatic rings. The van der Waals surface area contributed by atoms with Crippen LogP contribution in [0, 0.1) is 6.92 Å². The van der Waals surface area contributed by atoms with Crippen molar-refractivity contribution in [2.24, 2.45) is 0 Å². The molecule has 1 unspecified atom stereocenters. The standard InChI is InChI=1S/C7H8NO2S/c1-6-2-4-7(5-3-6)10-11(8)9/h2-5,8H,1H3. The van der Waals surface area contributed by atoms with E-state index in [1.54, 1.807) is 12.1 Å². The van der Waals surface area contributed by atoms with Crippen molar-refractivity contribution in [3.63, 3.8) is 0 Å². The Bertz CT molecular complexity index is 258. The van der Waals surface area contributed by atoms with Crippen molar-refractivity contribution in [2.45, 2.75) is 6.92 Å². The molecule has 0 aliphatic heterocycles. The highest BCUT2D eigenvalue weighted by Crippen LogP contribution is 2.11. The van der Waals surface area contributed by atoms with E-state index in [1.807, 2.05) is 19.1 Å². The Hall–Kier alpha value is -0.870. The zero-order valence-electron chi connectivity index (χ0n) is 6.03. The van der Waals surface area contributed by atoms with E-state index >= 15 is 0 Å². The maximum atomic E-state index is 10.3. The molecule has 0 saturated heterocycles. The second kappa shape index (κ2) is 3.50. The molecule has 0 bridgehead atoms. The molecule has 0 amide bonds. The fraction of sp³-hybridized carbons (Fsp3) is 0.143. The third-order valence-corrected chi connectivity index (χ3v) is 1.54. The number of hydrogen-bond donors (Lipinski definition) is 0. The van der Waals surface area contributed by atoms with Crippen molar-refractivity contribution in [1.29, 1.82) is 0 Å². The van der Waals surface area contributed by atoms with E-state index < -0.39 is 11.3 Å². The second-order valence-corrected chi connectivity index (χ2v) is 2.77. The summed E-state index contributed by atoms with van der Waals surface area (Å²) in [5.74, 6) is 0.462. The molecular formula is C7H8NO2S. The Labute approximate surface area is 68.0 Å². The highest BCUT2D eigenvalue weighted by Gasteiger charge is 1.94. The van der Waals surface area contributed by atoms with Crippen molar-refractivity contribution in [3.05, 3.63) is 29.8 Å². The molecule has 1 N–H and O–H groups in total. The van der Waals surface area contributed by atoms with Gasteiger partial charge in [0.25, 0.3) is 0 Å². The first kappa shape index (κ1) is 8.23. The summed E-state index contributed by atoms with van der Waals surface area (Å²) in [6, 6.07) is 7.04. The highest BCUT2D eigenvalue weighted by molar-refractivity contribution is 7.77. The lowest BCUT2D eigenvalue weighted by atomic mass is 10.2. The lowest BCUT2D eigenvalue weighted by Gasteiger charge is -1.98. The van der Waals surface area contributed by atoms with Gasteiger partial charge in [0.2, 0.25) is 0 Å². The van der Waals surface area contributed by atoms with Gasteiger partial charge in [-0.15, -0.1) is 5.14 Å². The summed E-state index contributed by atoms with van der Waals surface area (Å²) < 4.78 is 14.9. The summed E-state index contributed by atoms with van der Waals surface area (Å²) in [4.78, 5) is 0. The van der Waals surface area contributed by atoms with Crippen molar-refractivity contribution < 1.29 is 8.39 Å². The lowest BCUT2D eigenvalue weighted by Crippen LogP contribution is -1.98. The number of rotatable bonds is 2. The quantitative estimate of drug-likeness (QED) is 0.670. The van der Waals surface area contributed by atoms with Crippen LogP contribution in [0.25, 0.3) is 0 Å². The second-order valence-electron chi connectivity index (χ2n) is 2.13. The summed E-state index contributed by atoms with van der Waals surface area (Å²) in [6.07, 6.45) is 0. The average Bonchev–Trinajstić information content (AvgIpc) is 1.93. The van der Waals surface area contributed by atoms with Crippen LogP contribution in [0.1, 0.15) is 5.56 Å². The Morgan fingerprint density at radius 2 is 1.91 bits per heavy atom. The summed E-state index contributed by atoms with van der Waals surface area (Å²) in [7, 11) is 0. The number of hydrogen-bond acceptors (Lipinski definition) is 2. The van der Waals surface area contributed by atoms with Crippen molar-refractivity contribution in [3.8, 4) is 5.75 Å². The fourth-order valence-corrected chi connectivity index (χ4v) is 0.967. The average molecular weight is 170 g/mol. The molecule has 0 heterocycles. The molecule has 4 heteroatoms. The first-order valence-electron chi connectivity index (χ1n) is 3.06. The monoisotopic (exact) mass is 170 g/mol. The highest BCUT2D eigenvalue weighted by atomic mass is 32.2. The van der Waals surface area contributed by atoms with Crippen LogP contribution in [0.2, 0.25) is 0 Å². The molecule has 1 radical (unpaired) electrons. The molecule has 59 valence electrons. The van der Waals surface area contributed by atoms with Gasteiger partial charge in [0, 0.05) is 0 Å². The van der Waals surface area contributed by atoms with Crippen LogP contribution in [0.5, 0.6) is 5.75 Å². The minimum absolute atomic E-state index is 0.462. The maximum Gasteiger partial charge on any atom is 0.303 e. The van der Waals surface area contributed by atoms with Crippen LogP contribution >= 0.6 is 0 Å². The molecule has 0 aliphatic carbocycles. The maximum absolute atomic E-state index is 10.3. The predicted octanol–water partition coefficient (Wildman–Crippen LogP) is 1.24. The van der Waals surface area contributed by atoms with E-state index in [1.165, 1.54) is 0 Å². The van der Waals surface area contributed by atoms with E-state index in [2.05, 4.69) is 4.18 Å². The van der Waals surface area contributed by atoms with Gasteiger partial charge in [-0.2, -0.15) is 4.21 Å². The van der Waals surface area contributed by atoms with E-state index in [9.17, 15) is 4.21 Å². The minimum Gasteiger partial charge on any atom is -0.388 e. The molecule has 1 rings (SSSR count). The topological polar surface area (TPSA) is 50.1 Å². The summed E-state index contributed by atoms with van der Waals surface area (Å²) in [6.45, 7) is 1.95.